The Morgan fingerprint density at radius 3 is 2.66 bits per heavy atom. The quantitative estimate of drug-likeness (QED) is 0.501. The number of benzene rings is 2. The van der Waals surface area contributed by atoms with E-state index in [1.807, 2.05) is 12.1 Å². The third-order valence-corrected chi connectivity index (χ3v) is 5.86. The van der Waals surface area contributed by atoms with Gasteiger partial charge >= 0.3 is 0 Å². The molecule has 0 radical (unpaired) electrons. The fourth-order valence-corrected chi connectivity index (χ4v) is 4.27. The van der Waals surface area contributed by atoms with E-state index >= 15 is 0 Å². The third kappa shape index (κ3) is 4.96. The lowest BCUT2D eigenvalue weighted by Crippen LogP contribution is -2.38. The van der Waals surface area contributed by atoms with Crippen molar-refractivity contribution in [2.45, 2.75) is 25.9 Å². The Bertz CT molecular complexity index is 1070. The molecule has 2 heterocycles. The van der Waals surface area contributed by atoms with Crippen molar-refractivity contribution in [3.05, 3.63) is 71.6 Å². The SMILES string of the molecule is COc1ccc(C(=O)[C@H]2CCCN(Cc3ccc(OC)c(Cn4cncn4)c3)C2)cc1F. The zero-order chi connectivity index (χ0) is 22.5. The first-order chi connectivity index (χ1) is 15.6. The van der Waals surface area contributed by atoms with Gasteiger partial charge in [0.1, 0.15) is 18.4 Å². The highest BCUT2D eigenvalue weighted by Crippen LogP contribution is 2.26. The molecule has 1 aromatic heterocycles. The number of carbonyl (C=O) groups is 1. The number of carbonyl (C=O) groups excluding carboxylic acids is 1. The van der Waals surface area contributed by atoms with E-state index in [9.17, 15) is 9.18 Å². The van der Waals surface area contributed by atoms with Crippen molar-refractivity contribution in [3.63, 3.8) is 0 Å². The molecule has 2 aromatic carbocycles. The normalized spacial score (nSPS) is 16.7. The number of ether oxygens (including phenoxy) is 2. The highest BCUT2D eigenvalue weighted by Gasteiger charge is 2.27. The van der Waals surface area contributed by atoms with E-state index in [1.165, 1.54) is 25.6 Å². The number of hydrogen-bond acceptors (Lipinski definition) is 6. The van der Waals surface area contributed by atoms with Gasteiger partial charge in [-0.2, -0.15) is 5.10 Å². The predicted octanol–water partition coefficient (Wildman–Crippen LogP) is 3.58. The summed E-state index contributed by atoms with van der Waals surface area (Å²) in [4.78, 5) is 19.3. The Morgan fingerprint density at radius 1 is 1.12 bits per heavy atom. The fraction of sp³-hybridized carbons (Fsp3) is 0.375. The minimum absolute atomic E-state index is 0.0159. The molecule has 0 amide bonds. The van der Waals surface area contributed by atoms with Crippen LogP contribution in [-0.4, -0.2) is 52.8 Å². The summed E-state index contributed by atoms with van der Waals surface area (Å²) in [6.45, 7) is 2.87. The number of hydrogen-bond donors (Lipinski definition) is 0. The molecule has 0 saturated carbocycles. The van der Waals surface area contributed by atoms with Crippen LogP contribution in [0.3, 0.4) is 0 Å². The van der Waals surface area contributed by atoms with Gasteiger partial charge in [0.25, 0.3) is 0 Å². The van der Waals surface area contributed by atoms with Crippen LogP contribution < -0.4 is 9.47 Å². The summed E-state index contributed by atoms with van der Waals surface area (Å²) in [7, 11) is 3.07. The smallest absolute Gasteiger partial charge is 0.167 e. The molecular formula is C24H27FN4O3. The molecule has 1 aliphatic heterocycles. The Hall–Kier alpha value is -3.26. The van der Waals surface area contributed by atoms with Gasteiger partial charge in [-0.3, -0.25) is 9.69 Å². The maximum atomic E-state index is 14.1. The van der Waals surface area contributed by atoms with E-state index in [2.05, 4.69) is 21.0 Å². The Labute approximate surface area is 186 Å². The minimum Gasteiger partial charge on any atom is -0.496 e. The Morgan fingerprint density at radius 2 is 1.94 bits per heavy atom. The summed E-state index contributed by atoms with van der Waals surface area (Å²) in [6, 6.07) is 10.6. The molecule has 0 spiro atoms. The largest absolute Gasteiger partial charge is 0.496 e. The lowest BCUT2D eigenvalue weighted by Gasteiger charge is -2.32. The molecule has 4 rings (SSSR count). The molecule has 0 N–H and O–H groups in total. The molecule has 8 heteroatoms. The highest BCUT2D eigenvalue weighted by molar-refractivity contribution is 5.98. The number of ketones is 1. The third-order valence-electron chi connectivity index (χ3n) is 5.86. The molecule has 1 atom stereocenters. The second-order valence-electron chi connectivity index (χ2n) is 8.03. The Kier molecular flexibility index (Phi) is 6.80. The van der Waals surface area contributed by atoms with Crippen LogP contribution in [0.25, 0.3) is 0 Å². The first-order valence-corrected chi connectivity index (χ1v) is 10.7. The van der Waals surface area contributed by atoms with Crippen molar-refractivity contribution in [1.82, 2.24) is 19.7 Å². The van der Waals surface area contributed by atoms with Crippen molar-refractivity contribution in [2.75, 3.05) is 27.3 Å². The maximum absolute atomic E-state index is 14.1. The van der Waals surface area contributed by atoms with Gasteiger partial charge < -0.3 is 9.47 Å². The second kappa shape index (κ2) is 9.91. The number of Topliss-reactive ketones (excluding diaryl/α,β-unsaturated/α-hetero) is 1. The van der Waals surface area contributed by atoms with E-state index in [0.717, 1.165) is 42.8 Å². The van der Waals surface area contributed by atoms with Crippen LogP contribution in [0.4, 0.5) is 4.39 Å². The summed E-state index contributed by atoms with van der Waals surface area (Å²) in [6.07, 6.45) is 4.92. The average molecular weight is 439 g/mol. The molecule has 0 bridgehead atoms. The van der Waals surface area contributed by atoms with E-state index < -0.39 is 5.82 Å². The number of methoxy groups -OCH3 is 2. The van der Waals surface area contributed by atoms with Crippen molar-refractivity contribution < 1.29 is 18.7 Å². The molecule has 0 unspecified atom stereocenters. The van der Waals surface area contributed by atoms with E-state index in [0.29, 0.717) is 18.7 Å². The van der Waals surface area contributed by atoms with Crippen LogP contribution in [0.15, 0.2) is 49.1 Å². The first-order valence-electron chi connectivity index (χ1n) is 10.7. The minimum atomic E-state index is -0.510. The van der Waals surface area contributed by atoms with Gasteiger partial charge in [-0.15, -0.1) is 0 Å². The second-order valence-corrected chi connectivity index (χ2v) is 8.03. The van der Waals surface area contributed by atoms with Gasteiger partial charge in [-0.1, -0.05) is 6.07 Å². The lowest BCUT2D eigenvalue weighted by atomic mass is 9.89. The van der Waals surface area contributed by atoms with Crippen molar-refractivity contribution in [2.24, 2.45) is 5.92 Å². The van der Waals surface area contributed by atoms with Gasteiger partial charge in [-0.25, -0.2) is 14.1 Å². The number of rotatable bonds is 8. The van der Waals surface area contributed by atoms with Crippen LogP contribution in [0.5, 0.6) is 11.5 Å². The molecule has 1 fully saturated rings. The molecule has 0 aliphatic carbocycles. The number of nitrogens with zero attached hydrogens (tertiary/aromatic N) is 4. The van der Waals surface area contributed by atoms with Crippen LogP contribution in [0.1, 0.15) is 34.3 Å². The van der Waals surface area contributed by atoms with E-state index in [4.69, 9.17) is 9.47 Å². The number of likely N-dealkylation sites (tertiary alicyclic amines) is 1. The summed E-state index contributed by atoms with van der Waals surface area (Å²) in [5, 5.41) is 4.17. The molecule has 32 heavy (non-hydrogen) atoms. The molecule has 7 nitrogen and oxygen atoms in total. The van der Waals surface area contributed by atoms with E-state index in [1.54, 1.807) is 24.2 Å². The molecule has 1 saturated heterocycles. The van der Waals surface area contributed by atoms with Gasteiger partial charge in [0.2, 0.25) is 0 Å². The van der Waals surface area contributed by atoms with Crippen LogP contribution in [0.2, 0.25) is 0 Å². The maximum Gasteiger partial charge on any atom is 0.167 e. The molecule has 168 valence electrons. The number of piperidine rings is 1. The predicted molar refractivity (Wildman–Crippen MR) is 117 cm³/mol. The number of halogens is 1. The van der Waals surface area contributed by atoms with Crippen molar-refractivity contribution in [3.8, 4) is 11.5 Å². The van der Waals surface area contributed by atoms with Gasteiger partial charge in [0.05, 0.1) is 20.8 Å². The number of aromatic nitrogens is 3. The van der Waals surface area contributed by atoms with Gasteiger partial charge in [0, 0.05) is 30.1 Å². The van der Waals surface area contributed by atoms with Gasteiger partial charge in [-0.05, 0) is 55.3 Å². The van der Waals surface area contributed by atoms with Crippen molar-refractivity contribution >= 4 is 5.78 Å². The van der Waals surface area contributed by atoms with Gasteiger partial charge in [0.15, 0.2) is 17.3 Å². The first kappa shape index (κ1) is 22.0. The van der Waals surface area contributed by atoms with Crippen LogP contribution in [0, 0.1) is 11.7 Å². The summed E-state index contributed by atoms with van der Waals surface area (Å²) < 4.78 is 26.3. The summed E-state index contributed by atoms with van der Waals surface area (Å²) in [5.41, 5.74) is 2.56. The fourth-order valence-electron chi connectivity index (χ4n) is 4.27. The molecular weight excluding hydrogens is 411 g/mol. The monoisotopic (exact) mass is 438 g/mol. The summed E-state index contributed by atoms with van der Waals surface area (Å²) >= 11 is 0. The average Bonchev–Trinajstić information content (AvgIpc) is 3.32. The summed E-state index contributed by atoms with van der Waals surface area (Å²) in [5.74, 6) is 0.275. The zero-order valence-electron chi connectivity index (χ0n) is 18.3. The van der Waals surface area contributed by atoms with Crippen LogP contribution >= 0.6 is 0 Å². The van der Waals surface area contributed by atoms with Crippen molar-refractivity contribution in [1.29, 1.82) is 0 Å². The topological polar surface area (TPSA) is 69.5 Å². The standard InChI is InChI=1S/C24H27FN4O3/c1-31-22-7-5-17(10-20(22)14-29-16-26-15-27-29)12-28-9-3-4-19(13-28)24(30)18-6-8-23(32-2)21(25)11-18/h5-8,10-11,15-16,19H,3-4,9,12-14H2,1-2H3/t19-/m0/s1. The molecule has 1 aliphatic rings. The van der Waals surface area contributed by atoms with E-state index in [-0.39, 0.29) is 17.5 Å². The Balaban J connectivity index is 1.44. The van der Waals surface area contributed by atoms with Crippen LogP contribution in [-0.2, 0) is 13.1 Å². The highest BCUT2D eigenvalue weighted by atomic mass is 19.1. The lowest BCUT2D eigenvalue weighted by molar-refractivity contribution is 0.0811. The zero-order valence-corrected chi connectivity index (χ0v) is 18.3. The molecule has 3 aromatic rings.